The lowest BCUT2D eigenvalue weighted by Crippen LogP contribution is -1.96. The number of carboxylic acid groups (broad SMARTS) is 2. The Bertz CT molecular complexity index is 579. The normalized spacial score (nSPS) is 9.57. The van der Waals surface area contributed by atoms with Gasteiger partial charge in [0.1, 0.15) is 0 Å². The number of rotatable bonds is 7. The van der Waals surface area contributed by atoms with Gasteiger partial charge in [-0.1, -0.05) is 60.7 Å². The zero-order valence-corrected chi connectivity index (χ0v) is 13.0. The molecule has 0 saturated carbocycles. The Morgan fingerprint density at radius 2 is 1.09 bits per heavy atom. The highest BCUT2D eigenvalue weighted by Crippen LogP contribution is 2.04. The molecule has 2 aromatic carbocycles. The zero-order chi connectivity index (χ0) is 16.9. The van der Waals surface area contributed by atoms with Crippen LogP contribution in [0.3, 0.4) is 0 Å². The standard InChI is InChI=1S/C10H12O2.C9H10O2/c11-10(12)8-4-7-9-5-2-1-3-6-9;10-9(11)7-6-8-4-2-1-3-5-8/h1-3,5-6H,4,7-8H2,(H,11,12);1-5H,6-7H2,(H,10,11). The molecule has 2 aromatic rings. The average molecular weight is 314 g/mol. The third-order valence-corrected chi connectivity index (χ3v) is 3.17. The van der Waals surface area contributed by atoms with E-state index in [0.717, 1.165) is 18.4 Å². The summed E-state index contributed by atoms with van der Waals surface area (Å²) in [6.45, 7) is 0. The van der Waals surface area contributed by atoms with E-state index >= 15 is 0 Å². The Balaban J connectivity index is 0.000000231. The SMILES string of the molecule is O=C(O)CCCc1ccccc1.O=C(O)CCc1ccccc1. The van der Waals surface area contributed by atoms with Crippen molar-refractivity contribution in [3.05, 3.63) is 71.8 Å². The Morgan fingerprint density at radius 1 is 0.652 bits per heavy atom. The fraction of sp³-hybridized carbons (Fsp3) is 0.263. The summed E-state index contributed by atoms with van der Waals surface area (Å²) < 4.78 is 0. The lowest BCUT2D eigenvalue weighted by molar-refractivity contribution is -0.138. The quantitative estimate of drug-likeness (QED) is 0.815. The molecule has 4 heteroatoms. The van der Waals surface area contributed by atoms with Crippen LogP contribution in [0, 0.1) is 0 Å². The van der Waals surface area contributed by atoms with Gasteiger partial charge in [-0.2, -0.15) is 0 Å². The van der Waals surface area contributed by atoms with Gasteiger partial charge >= 0.3 is 11.9 Å². The third-order valence-electron chi connectivity index (χ3n) is 3.17. The Kier molecular flexibility index (Phi) is 8.83. The van der Waals surface area contributed by atoms with E-state index in [1.54, 1.807) is 0 Å². The summed E-state index contributed by atoms with van der Waals surface area (Å²) in [4.78, 5) is 20.4. The molecule has 0 radical (unpaired) electrons. The molecule has 0 saturated heterocycles. The molecule has 4 nitrogen and oxygen atoms in total. The van der Waals surface area contributed by atoms with Gasteiger partial charge in [-0.15, -0.1) is 0 Å². The molecule has 0 bridgehead atoms. The first-order valence-corrected chi connectivity index (χ1v) is 7.59. The highest BCUT2D eigenvalue weighted by atomic mass is 16.4. The van der Waals surface area contributed by atoms with Gasteiger partial charge in [-0.05, 0) is 30.4 Å². The van der Waals surface area contributed by atoms with E-state index in [9.17, 15) is 9.59 Å². The van der Waals surface area contributed by atoms with Crippen LogP contribution in [0.1, 0.15) is 30.4 Å². The van der Waals surface area contributed by atoms with Crippen LogP contribution in [0.5, 0.6) is 0 Å². The average Bonchev–Trinajstić information content (AvgIpc) is 2.55. The molecule has 2 N–H and O–H groups in total. The fourth-order valence-electron chi connectivity index (χ4n) is 1.98. The first kappa shape index (κ1) is 18.4. The van der Waals surface area contributed by atoms with Gasteiger partial charge in [0.25, 0.3) is 0 Å². The number of aliphatic carboxylic acids is 2. The van der Waals surface area contributed by atoms with Crippen LogP contribution in [0.25, 0.3) is 0 Å². The van der Waals surface area contributed by atoms with E-state index < -0.39 is 11.9 Å². The highest BCUT2D eigenvalue weighted by molar-refractivity contribution is 5.67. The van der Waals surface area contributed by atoms with Gasteiger partial charge in [0.15, 0.2) is 0 Å². The minimum Gasteiger partial charge on any atom is -0.481 e. The summed E-state index contributed by atoms with van der Waals surface area (Å²) >= 11 is 0. The molecule has 122 valence electrons. The minimum atomic E-state index is -0.742. The Hall–Kier alpha value is -2.62. The molecule has 0 unspecified atom stereocenters. The maximum absolute atomic E-state index is 10.2. The molecule has 0 amide bonds. The van der Waals surface area contributed by atoms with Gasteiger partial charge in [0.2, 0.25) is 0 Å². The summed E-state index contributed by atoms with van der Waals surface area (Å²) in [5, 5.41) is 16.8. The van der Waals surface area contributed by atoms with Crippen molar-refractivity contribution in [2.24, 2.45) is 0 Å². The van der Waals surface area contributed by atoms with Crippen molar-refractivity contribution in [2.45, 2.75) is 32.1 Å². The van der Waals surface area contributed by atoms with Gasteiger partial charge in [0.05, 0.1) is 0 Å². The summed E-state index contributed by atoms with van der Waals surface area (Å²) in [6.07, 6.45) is 2.67. The van der Waals surface area contributed by atoms with E-state index in [-0.39, 0.29) is 12.8 Å². The van der Waals surface area contributed by atoms with Crippen molar-refractivity contribution >= 4 is 11.9 Å². The maximum atomic E-state index is 10.2. The number of aryl methyl sites for hydroxylation is 2. The highest BCUT2D eigenvalue weighted by Gasteiger charge is 1.97. The molecule has 0 fully saturated rings. The lowest BCUT2D eigenvalue weighted by Gasteiger charge is -1.97. The molecule has 0 spiro atoms. The summed E-state index contributed by atoms with van der Waals surface area (Å²) in [5.41, 5.74) is 2.29. The molecular formula is C19H22O4. The second-order valence-electron chi connectivity index (χ2n) is 5.11. The number of carboxylic acids is 2. The van der Waals surface area contributed by atoms with Gasteiger partial charge < -0.3 is 10.2 Å². The lowest BCUT2D eigenvalue weighted by atomic mass is 10.1. The third kappa shape index (κ3) is 9.85. The topological polar surface area (TPSA) is 74.6 Å². The van der Waals surface area contributed by atoms with E-state index in [4.69, 9.17) is 10.2 Å². The summed E-state index contributed by atoms with van der Waals surface area (Å²) in [5.74, 6) is -1.46. The van der Waals surface area contributed by atoms with Crippen LogP contribution in [0.15, 0.2) is 60.7 Å². The molecule has 0 atom stereocenters. The second kappa shape index (κ2) is 11.0. The summed E-state index contributed by atoms with van der Waals surface area (Å²) in [7, 11) is 0. The van der Waals surface area contributed by atoms with Crippen LogP contribution < -0.4 is 0 Å². The predicted molar refractivity (Wildman–Crippen MR) is 89.4 cm³/mol. The first-order chi connectivity index (χ1) is 11.1. The number of hydrogen-bond donors (Lipinski definition) is 2. The van der Waals surface area contributed by atoms with Crippen molar-refractivity contribution in [1.82, 2.24) is 0 Å². The largest absolute Gasteiger partial charge is 0.481 e. The monoisotopic (exact) mass is 314 g/mol. The number of carbonyl (C=O) groups is 2. The molecule has 23 heavy (non-hydrogen) atoms. The number of hydrogen-bond acceptors (Lipinski definition) is 2. The van der Waals surface area contributed by atoms with Crippen LogP contribution in [0.4, 0.5) is 0 Å². The van der Waals surface area contributed by atoms with Gasteiger partial charge in [0, 0.05) is 12.8 Å². The van der Waals surface area contributed by atoms with Crippen LogP contribution in [-0.2, 0) is 22.4 Å². The predicted octanol–water partition coefficient (Wildman–Crippen LogP) is 3.80. The second-order valence-corrected chi connectivity index (χ2v) is 5.11. The van der Waals surface area contributed by atoms with Crippen molar-refractivity contribution in [2.75, 3.05) is 0 Å². The van der Waals surface area contributed by atoms with Gasteiger partial charge in [-0.3, -0.25) is 9.59 Å². The maximum Gasteiger partial charge on any atom is 0.303 e. The molecule has 2 rings (SSSR count). The van der Waals surface area contributed by atoms with Crippen LogP contribution >= 0.6 is 0 Å². The molecule has 0 aliphatic heterocycles. The van der Waals surface area contributed by atoms with E-state index in [0.29, 0.717) is 6.42 Å². The zero-order valence-electron chi connectivity index (χ0n) is 13.0. The summed E-state index contributed by atoms with van der Waals surface area (Å²) in [6, 6.07) is 19.5. The molecule has 0 aliphatic carbocycles. The molecule has 0 aliphatic rings. The Morgan fingerprint density at radius 3 is 1.52 bits per heavy atom. The van der Waals surface area contributed by atoms with Crippen molar-refractivity contribution in [3.8, 4) is 0 Å². The fourth-order valence-corrected chi connectivity index (χ4v) is 1.98. The van der Waals surface area contributed by atoms with Crippen molar-refractivity contribution in [3.63, 3.8) is 0 Å². The number of benzene rings is 2. The van der Waals surface area contributed by atoms with E-state index in [1.807, 2.05) is 60.7 Å². The van der Waals surface area contributed by atoms with Crippen molar-refractivity contribution < 1.29 is 19.8 Å². The molecule has 0 aromatic heterocycles. The van der Waals surface area contributed by atoms with E-state index in [2.05, 4.69) is 0 Å². The van der Waals surface area contributed by atoms with Gasteiger partial charge in [-0.25, -0.2) is 0 Å². The molecule has 0 heterocycles. The molecular weight excluding hydrogens is 292 g/mol. The van der Waals surface area contributed by atoms with Crippen LogP contribution in [0.2, 0.25) is 0 Å². The Labute approximate surface area is 136 Å². The van der Waals surface area contributed by atoms with Crippen LogP contribution in [-0.4, -0.2) is 22.2 Å². The smallest absolute Gasteiger partial charge is 0.303 e. The minimum absolute atomic E-state index is 0.212. The van der Waals surface area contributed by atoms with Crippen molar-refractivity contribution in [1.29, 1.82) is 0 Å². The van der Waals surface area contributed by atoms with E-state index in [1.165, 1.54) is 5.56 Å². The first-order valence-electron chi connectivity index (χ1n) is 7.59.